The molecule has 0 amide bonds. The van der Waals surface area contributed by atoms with E-state index >= 15 is 0 Å². The van der Waals surface area contributed by atoms with Crippen molar-refractivity contribution in [2.45, 2.75) is 26.2 Å². The third-order valence-corrected chi connectivity index (χ3v) is 3.27. The molecular weight excluding hydrogens is 272 g/mol. The van der Waals surface area contributed by atoms with Crippen LogP contribution in [-0.4, -0.2) is 16.5 Å². The van der Waals surface area contributed by atoms with Crippen molar-refractivity contribution in [2.75, 3.05) is 17.6 Å². The summed E-state index contributed by atoms with van der Waals surface area (Å²) in [6, 6.07) is 10.3. The van der Waals surface area contributed by atoms with Crippen LogP contribution in [0.2, 0.25) is 5.15 Å². The molecule has 0 atom stereocenters. The van der Waals surface area contributed by atoms with Gasteiger partial charge in [-0.1, -0.05) is 55.8 Å². The van der Waals surface area contributed by atoms with Gasteiger partial charge in [0.2, 0.25) is 0 Å². The summed E-state index contributed by atoms with van der Waals surface area (Å²) in [4.78, 5) is 8.62. The van der Waals surface area contributed by atoms with Crippen LogP contribution in [0.25, 0.3) is 0 Å². The molecule has 3 N–H and O–H groups in total. The summed E-state index contributed by atoms with van der Waals surface area (Å²) in [5.41, 5.74) is 7.58. The minimum Gasteiger partial charge on any atom is -0.393 e. The number of nitrogen functional groups attached to an aromatic ring is 1. The SMILES string of the molecule is CC(C)c1nc(Cl)c(N)c(NCCc2ccccc2)n1. The topological polar surface area (TPSA) is 63.8 Å². The maximum absolute atomic E-state index is 6.04. The molecule has 0 saturated heterocycles. The average molecular weight is 291 g/mol. The molecule has 0 bridgehead atoms. The number of nitrogens with one attached hydrogen (secondary N) is 1. The number of rotatable bonds is 5. The van der Waals surface area contributed by atoms with Gasteiger partial charge in [0.15, 0.2) is 11.0 Å². The molecule has 1 aromatic heterocycles. The lowest BCUT2D eigenvalue weighted by atomic mass is 10.1. The van der Waals surface area contributed by atoms with Gasteiger partial charge in [0.25, 0.3) is 0 Å². The van der Waals surface area contributed by atoms with Gasteiger partial charge in [-0.05, 0) is 12.0 Å². The maximum atomic E-state index is 6.04. The number of hydrogen-bond acceptors (Lipinski definition) is 4. The van der Waals surface area contributed by atoms with Crippen LogP contribution in [0.5, 0.6) is 0 Å². The van der Waals surface area contributed by atoms with Gasteiger partial charge in [0.1, 0.15) is 11.5 Å². The van der Waals surface area contributed by atoms with Crippen molar-refractivity contribution in [1.29, 1.82) is 0 Å². The molecule has 0 radical (unpaired) electrons. The van der Waals surface area contributed by atoms with Crippen LogP contribution in [0.15, 0.2) is 30.3 Å². The predicted molar refractivity (Wildman–Crippen MR) is 84.2 cm³/mol. The molecule has 0 spiro atoms. The quantitative estimate of drug-likeness (QED) is 0.828. The highest BCUT2D eigenvalue weighted by Crippen LogP contribution is 2.25. The van der Waals surface area contributed by atoms with E-state index in [0.29, 0.717) is 22.5 Å². The molecule has 2 rings (SSSR count). The fraction of sp³-hybridized carbons (Fsp3) is 0.333. The Hall–Kier alpha value is -1.81. The Labute approximate surface area is 124 Å². The van der Waals surface area contributed by atoms with Crippen molar-refractivity contribution >= 4 is 23.1 Å². The summed E-state index contributed by atoms with van der Waals surface area (Å²) >= 11 is 6.04. The normalized spacial score (nSPS) is 10.8. The molecule has 4 nitrogen and oxygen atoms in total. The van der Waals surface area contributed by atoms with E-state index in [9.17, 15) is 0 Å². The zero-order valence-electron chi connectivity index (χ0n) is 11.7. The van der Waals surface area contributed by atoms with Gasteiger partial charge in [-0.25, -0.2) is 9.97 Å². The first kappa shape index (κ1) is 14.6. The minimum absolute atomic E-state index is 0.211. The summed E-state index contributed by atoms with van der Waals surface area (Å²) < 4.78 is 0. The molecular formula is C15H19ClN4. The van der Waals surface area contributed by atoms with E-state index in [0.717, 1.165) is 13.0 Å². The number of nitrogens with two attached hydrogens (primary N) is 1. The highest BCUT2D eigenvalue weighted by molar-refractivity contribution is 6.32. The fourth-order valence-electron chi connectivity index (χ4n) is 1.82. The van der Waals surface area contributed by atoms with Gasteiger partial charge in [-0.3, -0.25) is 0 Å². The van der Waals surface area contributed by atoms with E-state index in [1.807, 2.05) is 32.0 Å². The van der Waals surface area contributed by atoms with Crippen LogP contribution in [0.4, 0.5) is 11.5 Å². The van der Waals surface area contributed by atoms with Gasteiger partial charge in [-0.2, -0.15) is 0 Å². The number of nitrogens with zero attached hydrogens (tertiary/aromatic N) is 2. The molecule has 0 aliphatic heterocycles. The van der Waals surface area contributed by atoms with E-state index in [4.69, 9.17) is 17.3 Å². The highest BCUT2D eigenvalue weighted by Gasteiger charge is 2.12. The molecule has 0 fully saturated rings. The first-order valence-corrected chi connectivity index (χ1v) is 7.06. The number of anilines is 2. The molecule has 1 heterocycles. The van der Waals surface area contributed by atoms with Crippen molar-refractivity contribution in [3.05, 3.63) is 46.9 Å². The zero-order chi connectivity index (χ0) is 14.5. The molecule has 0 unspecified atom stereocenters. The molecule has 1 aromatic carbocycles. The summed E-state index contributed by atoms with van der Waals surface area (Å²) in [6.07, 6.45) is 0.902. The van der Waals surface area contributed by atoms with Gasteiger partial charge >= 0.3 is 0 Å². The lowest BCUT2D eigenvalue weighted by molar-refractivity contribution is 0.775. The monoisotopic (exact) mass is 290 g/mol. The number of hydrogen-bond donors (Lipinski definition) is 2. The van der Waals surface area contributed by atoms with Crippen LogP contribution in [0.1, 0.15) is 31.2 Å². The van der Waals surface area contributed by atoms with E-state index in [1.54, 1.807) is 0 Å². The number of benzene rings is 1. The van der Waals surface area contributed by atoms with Crippen LogP contribution < -0.4 is 11.1 Å². The van der Waals surface area contributed by atoms with Crippen LogP contribution in [-0.2, 0) is 6.42 Å². The second-order valence-corrected chi connectivity index (χ2v) is 5.31. The largest absolute Gasteiger partial charge is 0.393 e. The molecule has 5 heteroatoms. The number of aromatic nitrogens is 2. The molecule has 0 saturated carbocycles. The summed E-state index contributed by atoms with van der Waals surface area (Å²) in [5, 5.41) is 3.55. The van der Waals surface area contributed by atoms with E-state index in [-0.39, 0.29) is 5.92 Å². The minimum atomic E-state index is 0.211. The standard InChI is InChI=1S/C15H19ClN4/c1-10(2)14-19-13(16)12(17)15(20-14)18-9-8-11-6-4-3-5-7-11/h3-7,10H,8-9,17H2,1-2H3,(H,18,19,20). The van der Waals surface area contributed by atoms with Gasteiger partial charge in [0, 0.05) is 12.5 Å². The Balaban J connectivity index is 2.05. The van der Waals surface area contributed by atoms with Crippen LogP contribution in [0, 0.1) is 0 Å². The lowest BCUT2D eigenvalue weighted by Crippen LogP contribution is -2.11. The van der Waals surface area contributed by atoms with E-state index < -0.39 is 0 Å². The third-order valence-electron chi connectivity index (χ3n) is 2.98. The predicted octanol–water partition coefficient (Wildman–Crippen LogP) is 3.49. The molecule has 0 aliphatic rings. The van der Waals surface area contributed by atoms with Crippen LogP contribution >= 0.6 is 11.6 Å². The Morgan fingerprint density at radius 1 is 1.20 bits per heavy atom. The molecule has 106 valence electrons. The van der Waals surface area contributed by atoms with Gasteiger partial charge in [0.05, 0.1) is 0 Å². The molecule has 0 aliphatic carbocycles. The van der Waals surface area contributed by atoms with E-state index in [1.165, 1.54) is 5.56 Å². The van der Waals surface area contributed by atoms with Gasteiger partial charge < -0.3 is 11.1 Å². The van der Waals surface area contributed by atoms with Crippen molar-refractivity contribution in [1.82, 2.24) is 9.97 Å². The van der Waals surface area contributed by atoms with Crippen molar-refractivity contribution in [2.24, 2.45) is 0 Å². The van der Waals surface area contributed by atoms with Crippen LogP contribution in [0.3, 0.4) is 0 Å². The Morgan fingerprint density at radius 2 is 1.90 bits per heavy atom. The van der Waals surface area contributed by atoms with Crippen molar-refractivity contribution in [3.63, 3.8) is 0 Å². The molecule has 20 heavy (non-hydrogen) atoms. The smallest absolute Gasteiger partial charge is 0.157 e. The fourth-order valence-corrected chi connectivity index (χ4v) is 2.00. The maximum Gasteiger partial charge on any atom is 0.157 e. The highest BCUT2D eigenvalue weighted by atomic mass is 35.5. The summed E-state index contributed by atoms with van der Waals surface area (Å²) in [7, 11) is 0. The molecule has 2 aromatic rings. The Kier molecular flexibility index (Phi) is 4.79. The number of halogens is 1. The Bertz CT molecular complexity index is 570. The van der Waals surface area contributed by atoms with E-state index in [2.05, 4.69) is 27.4 Å². The van der Waals surface area contributed by atoms with Crippen molar-refractivity contribution < 1.29 is 0 Å². The zero-order valence-corrected chi connectivity index (χ0v) is 12.5. The van der Waals surface area contributed by atoms with Crippen molar-refractivity contribution in [3.8, 4) is 0 Å². The first-order chi connectivity index (χ1) is 9.58. The van der Waals surface area contributed by atoms with Gasteiger partial charge in [-0.15, -0.1) is 0 Å². The Morgan fingerprint density at radius 3 is 2.55 bits per heavy atom. The lowest BCUT2D eigenvalue weighted by Gasteiger charge is -2.12. The average Bonchev–Trinajstić information content (AvgIpc) is 2.44. The summed E-state index contributed by atoms with van der Waals surface area (Å²) in [5.74, 6) is 1.53. The second-order valence-electron chi connectivity index (χ2n) is 4.95. The second kappa shape index (κ2) is 6.57. The summed E-state index contributed by atoms with van der Waals surface area (Å²) in [6.45, 7) is 4.80. The third kappa shape index (κ3) is 3.61. The first-order valence-electron chi connectivity index (χ1n) is 6.68.